The van der Waals surface area contributed by atoms with Crippen molar-refractivity contribution in [3.8, 4) is 11.3 Å². The first kappa shape index (κ1) is 12.6. The molecule has 3 aromatic rings. The quantitative estimate of drug-likeness (QED) is 0.714. The van der Waals surface area contributed by atoms with E-state index in [0.717, 1.165) is 6.07 Å². The van der Waals surface area contributed by atoms with Gasteiger partial charge in [-0.3, -0.25) is 0 Å². The Morgan fingerprint density at radius 1 is 1.30 bits per heavy atom. The van der Waals surface area contributed by atoms with Crippen LogP contribution in [0.4, 0.5) is 18.9 Å². The molecule has 0 aliphatic carbocycles. The molecule has 0 aliphatic heterocycles. The second-order valence-corrected chi connectivity index (χ2v) is 4.46. The summed E-state index contributed by atoms with van der Waals surface area (Å²) >= 11 is 0. The fourth-order valence-corrected chi connectivity index (χ4v) is 2.34. The van der Waals surface area contributed by atoms with Gasteiger partial charge in [0.05, 0.1) is 17.3 Å². The van der Waals surface area contributed by atoms with Gasteiger partial charge in [-0.15, -0.1) is 0 Å². The molecule has 3 rings (SSSR count). The summed E-state index contributed by atoms with van der Waals surface area (Å²) in [5.74, 6) is 0.144. The highest BCUT2D eigenvalue weighted by molar-refractivity contribution is 6.00. The normalized spacial score (nSPS) is 12.2. The number of hydrogen-bond donors (Lipinski definition) is 2. The first-order valence-electron chi connectivity index (χ1n) is 5.78. The second-order valence-electron chi connectivity index (χ2n) is 4.46. The molecule has 0 atom stereocenters. The average Bonchev–Trinajstić information content (AvgIpc) is 2.89. The van der Waals surface area contributed by atoms with Crippen molar-refractivity contribution in [1.29, 1.82) is 0 Å². The molecule has 3 N–H and O–H groups in total. The van der Waals surface area contributed by atoms with Crippen LogP contribution in [0.5, 0.6) is 0 Å². The third-order valence-corrected chi connectivity index (χ3v) is 3.14. The number of rotatable bonds is 1. The zero-order chi connectivity index (χ0) is 14.5. The molecule has 0 bridgehead atoms. The third kappa shape index (κ3) is 1.74. The van der Waals surface area contributed by atoms with E-state index in [0.29, 0.717) is 16.8 Å². The maximum absolute atomic E-state index is 13.2. The summed E-state index contributed by atoms with van der Waals surface area (Å²) in [4.78, 5) is 2.91. The zero-order valence-electron chi connectivity index (χ0n) is 10.4. The molecule has 1 aromatic carbocycles. The van der Waals surface area contributed by atoms with Crippen LogP contribution in [0.15, 0.2) is 28.9 Å². The van der Waals surface area contributed by atoms with Crippen LogP contribution >= 0.6 is 0 Å². The lowest BCUT2D eigenvalue weighted by Gasteiger charge is -2.09. The van der Waals surface area contributed by atoms with Crippen molar-refractivity contribution in [3.63, 3.8) is 0 Å². The van der Waals surface area contributed by atoms with Crippen LogP contribution < -0.4 is 5.73 Å². The minimum atomic E-state index is -4.46. The number of nitrogens with two attached hydrogens (primary N) is 1. The number of nitrogens with zero attached hydrogens (tertiary/aromatic N) is 1. The van der Waals surface area contributed by atoms with Crippen LogP contribution in [0.2, 0.25) is 0 Å². The largest absolute Gasteiger partial charge is 0.417 e. The van der Waals surface area contributed by atoms with Crippen molar-refractivity contribution >= 4 is 16.6 Å². The van der Waals surface area contributed by atoms with E-state index in [1.54, 1.807) is 13.0 Å². The molecule has 0 saturated heterocycles. The highest BCUT2D eigenvalue weighted by atomic mass is 19.4. The molecule has 7 heteroatoms. The number of anilines is 1. The third-order valence-electron chi connectivity index (χ3n) is 3.14. The molecule has 104 valence electrons. The van der Waals surface area contributed by atoms with Crippen molar-refractivity contribution in [2.45, 2.75) is 13.1 Å². The van der Waals surface area contributed by atoms with Gasteiger partial charge in [0.25, 0.3) is 0 Å². The van der Waals surface area contributed by atoms with Gasteiger partial charge in [-0.05, 0) is 19.1 Å². The van der Waals surface area contributed by atoms with Gasteiger partial charge in [-0.2, -0.15) is 13.2 Å². The predicted molar refractivity (Wildman–Crippen MR) is 67.9 cm³/mol. The fraction of sp³-hybridized carbons (Fsp3) is 0.154. The molecule has 2 heterocycles. The first-order chi connectivity index (χ1) is 9.39. The second kappa shape index (κ2) is 4.03. The van der Waals surface area contributed by atoms with E-state index in [4.69, 9.17) is 10.3 Å². The van der Waals surface area contributed by atoms with Crippen LogP contribution in [-0.4, -0.2) is 10.1 Å². The highest BCUT2D eigenvalue weighted by Crippen LogP contribution is 2.42. The number of nitrogen functional groups attached to an aromatic ring is 1. The maximum Gasteiger partial charge on any atom is 0.417 e. The summed E-state index contributed by atoms with van der Waals surface area (Å²) in [5, 5.41) is 3.56. The molecule has 0 unspecified atom stereocenters. The molecular formula is C13H10F3N3O. The van der Waals surface area contributed by atoms with Gasteiger partial charge < -0.3 is 15.2 Å². The van der Waals surface area contributed by atoms with Crippen molar-refractivity contribution < 1.29 is 17.7 Å². The number of aromatic amines is 1. The Bertz CT molecular complexity index is 786. The minimum Gasteiger partial charge on any atom is -0.394 e. The number of alkyl halides is 3. The number of halogens is 3. The summed E-state index contributed by atoms with van der Waals surface area (Å²) < 4.78 is 44.5. The van der Waals surface area contributed by atoms with Crippen LogP contribution in [0, 0.1) is 6.92 Å². The van der Waals surface area contributed by atoms with Crippen LogP contribution in [0.1, 0.15) is 11.3 Å². The summed E-state index contributed by atoms with van der Waals surface area (Å²) in [7, 11) is 0. The molecule has 0 spiro atoms. The van der Waals surface area contributed by atoms with Gasteiger partial charge in [0, 0.05) is 16.6 Å². The molecule has 2 aromatic heterocycles. The Morgan fingerprint density at radius 3 is 2.65 bits per heavy atom. The molecule has 0 saturated carbocycles. The van der Waals surface area contributed by atoms with E-state index >= 15 is 0 Å². The average molecular weight is 281 g/mol. The van der Waals surface area contributed by atoms with Crippen molar-refractivity contribution in [2.75, 3.05) is 5.73 Å². The van der Waals surface area contributed by atoms with E-state index in [9.17, 15) is 13.2 Å². The van der Waals surface area contributed by atoms with Gasteiger partial charge >= 0.3 is 6.18 Å². The Kier molecular flexibility index (Phi) is 2.53. The van der Waals surface area contributed by atoms with E-state index < -0.39 is 11.7 Å². The van der Waals surface area contributed by atoms with Gasteiger partial charge in [0.1, 0.15) is 5.69 Å². The lowest BCUT2D eigenvalue weighted by molar-refractivity contribution is -0.136. The zero-order valence-corrected chi connectivity index (χ0v) is 10.4. The van der Waals surface area contributed by atoms with E-state index in [1.807, 2.05) is 0 Å². The van der Waals surface area contributed by atoms with E-state index in [-0.39, 0.29) is 16.8 Å². The SMILES string of the molecule is Cc1[nH]c2cccc(C(F)(F)F)c2c1-c1oncc1N. The topological polar surface area (TPSA) is 67.8 Å². The molecule has 0 radical (unpaired) electrons. The minimum absolute atomic E-state index is 0.0425. The molecule has 0 fully saturated rings. The number of hydrogen-bond acceptors (Lipinski definition) is 3. The lowest BCUT2D eigenvalue weighted by Crippen LogP contribution is -2.05. The van der Waals surface area contributed by atoms with Gasteiger partial charge in [-0.1, -0.05) is 11.2 Å². The Labute approximate surface area is 111 Å². The maximum atomic E-state index is 13.2. The molecule has 0 amide bonds. The summed E-state index contributed by atoms with van der Waals surface area (Å²) in [6, 6.07) is 3.97. The number of fused-ring (bicyclic) bond motifs is 1. The van der Waals surface area contributed by atoms with E-state index in [1.165, 1.54) is 12.3 Å². The summed E-state index contributed by atoms with van der Waals surface area (Å²) in [6.07, 6.45) is -3.19. The summed E-state index contributed by atoms with van der Waals surface area (Å²) in [5.41, 5.74) is 6.38. The number of aryl methyl sites for hydroxylation is 1. The van der Waals surface area contributed by atoms with Crippen molar-refractivity contribution in [3.05, 3.63) is 35.7 Å². The fourth-order valence-electron chi connectivity index (χ4n) is 2.34. The number of nitrogens with one attached hydrogen (secondary N) is 1. The molecular weight excluding hydrogens is 271 g/mol. The van der Waals surface area contributed by atoms with Gasteiger partial charge in [0.2, 0.25) is 0 Å². The molecule has 0 aliphatic rings. The Balaban J connectivity index is 2.43. The van der Waals surface area contributed by atoms with Crippen LogP contribution in [-0.2, 0) is 6.18 Å². The monoisotopic (exact) mass is 281 g/mol. The number of aromatic nitrogens is 2. The van der Waals surface area contributed by atoms with E-state index in [2.05, 4.69) is 10.1 Å². The first-order valence-corrected chi connectivity index (χ1v) is 5.78. The van der Waals surface area contributed by atoms with Crippen molar-refractivity contribution in [2.24, 2.45) is 0 Å². The molecule has 4 nitrogen and oxygen atoms in total. The molecule has 20 heavy (non-hydrogen) atoms. The van der Waals surface area contributed by atoms with Crippen molar-refractivity contribution in [1.82, 2.24) is 10.1 Å². The Morgan fingerprint density at radius 2 is 2.05 bits per heavy atom. The van der Waals surface area contributed by atoms with Crippen LogP contribution in [0.25, 0.3) is 22.2 Å². The lowest BCUT2D eigenvalue weighted by atomic mass is 10.0. The Hall–Kier alpha value is -2.44. The number of benzene rings is 1. The van der Waals surface area contributed by atoms with Gasteiger partial charge in [0.15, 0.2) is 5.76 Å². The predicted octanol–water partition coefficient (Wildman–Crippen LogP) is 3.73. The standard InChI is InChI=1S/C13H10F3N3O/c1-6-10(12-8(17)5-18-20-12)11-7(13(14,15)16)3-2-4-9(11)19-6/h2-5,19H,17H2,1H3. The van der Waals surface area contributed by atoms with Gasteiger partial charge in [-0.25, -0.2) is 0 Å². The van der Waals surface area contributed by atoms with Crippen LogP contribution in [0.3, 0.4) is 0 Å². The number of H-pyrrole nitrogens is 1. The smallest absolute Gasteiger partial charge is 0.394 e. The summed E-state index contributed by atoms with van der Waals surface area (Å²) in [6.45, 7) is 1.66. The highest BCUT2D eigenvalue weighted by Gasteiger charge is 2.35.